The van der Waals surface area contributed by atoms with Crippen molar-refractivity contribution >= 4 is 15.9 Å². The second-order valence-corrected chi connectivity index (χ2v) is 4.88. The number of rotatable bonds is 3. The van der Waals surface area contributed by atoms with Crippen molar-refractivity contribution in [3.05, 3.63) is 28.2 Å². The van der Waals surface area contributed by atoms with E-state index in [0.29, 0.717) is 0 Å². The van der Waals surface area contributed by atoms with Gasteiger partial charge in [-0.05, 0) is 46.5 Å². The maximum Gasteiger partial charge on any atom is 0.133 e. The summed E-state index contributed by atoms with van der Waals surface area (Å²) >= 11 is 3.39. The van der Waals surface area contributed by atoms with Crippen LogP contribution in [0.1, 0.15) is 24.5 Å². The Morgan fingerprint density at radius 2 is 2.20 bits per heavy atom. The Kier molecular flexibility index (Phi) is 2.75. The third kappa shape index (κ3) is 2.02. The molecule has 0 bridgehead atoms. The second-order valence-electron chi connectivity index (χ2n) is 4.03. The minimum Gasteiger partial charge on any atom is -0.496 e. The van der Waals surface area contributed by atoms with Crippen molar-refractivity contribution in [3.8, 4) is 5.75 Å². The molecule has 0 radical (unpaired) electrons. The van der Waals surface area contributed by atoms with Crippen LogP contribution in [0.25, 0.3) is 0 Å². The number of hydrogen-bond donors (Lipinski definition) is 2. The van der Waals surface area contributed by atoms with E-state index in [1.165, 1.54) is 0 Å². The van der Waals surface area contributed by atoms with Gasteiger partial charge in [0, 0.05) is 5.54 Å². The van der Waals surface area contributed by atoms with Gasteiger partial charge in [0.2, 0.25) is 0 Å². The summed E-state index contributed by atoms with van der Waals surface area (Å²) in [5, 5.41) is 10.0. The van der Waals surface area contributed by atoms with Crippen molar-refractivity contribution in [2.75, 3.05) is 7.11 Å². The molecule has 1 aromatic carbocycles. The van der Waals surface area contributed by atoms with Gasteiger partial charge in [-0.3, -0.25) is 0 Å². The minimum absolute atomic E-state index is 0.409. The van der Waals surface area contributed by atoms with Crippen LogP contribution in [-0.4, -0.2) is 17.8 Å². The first-order valence-electron chi connectivity index (χ1n) is 4.87. The first-order valence-corrected chi connectivity index (χ1v) is 5.66. The van der Waals surface area contributed by atoms with Gasteiger partial charge in [0.1, 0.15) is 5.75 Å². The fourth-order valence-corrected chi connectivity index (χ4v) is 2.16. The van der Waals surface area contributed by atoms with Crippen molar-refractivity contribution in [2.45, 2.75) is 24.5 Å². The summed E-state index contributed by atoms with van der Waals surface area (Å²) in [6.07, 6.45) is 1.19. The van der Waals surface area contributed by atoms with Crippen LogP contribution in [0.5, 0.6) is 5.75 Å². The Morgan fingerprint density at radius 3 is 2.67 bits per heavy atom. The standard InChI is InChI=1S/C11H14BrNO2/c1-15-9-3-2-7(6-8(9)12)10(14)11(13)4-5-11/h2-3,6,10,14H,4-5,13H2,1H3. The van der Waals surface area contributed by atoms with E-state index in [4.69, 9.17) is 10.5 Å². The van der Waals surface area contributed by atoms with E-state index in [1.54, 1.807) is 7.11 Å². The number of hydrogen-bond acceptors (Lipinski definition) is 3. The Balaban J connectivity index is 2.26. The van der Waals surface area contributed by atoms with Crippen LogP contribution in [-0.2, 0) is 0 Å². The molecule has 82 valence electrons. The molecule has 1 aromatic rings. The molecule has 1 aliphatic carbocycles. The Hall–Kier alpha value is -0.580. The van der Waals surface area contributed by atoms with Crippen LogP contribution in [0.3, 0.4) is 0 Å². The molecule has 1 fully saturated rings. The molecule has 1 atom stereocenters. The third-order valence-electron chi connectivity index (χ3n) is 2.86. The molecule has 0 heterocycles. The predicted octanol–water partition coefficient (Wildman–Crippen LogP) is 1.98. The summed E-state index contributed by atoms with van der Waals surface area (Å²) < 4.78 is 5.96. The zero-order valence-electron chi connectivity index (χ0n) is 8.53. The number of aliphatic hydroxyl groups is 1. The van der Waals surface area contributed by atoms with Crippen molar-refractivity contribution in [2.24, 2.45) is 5.73 Å². The fourth-order valence-electron chi connectivity index (χ4n) is 1.60. The number of nitrogens with two attached hydrogens (primary N) is 1. The van der Waals surface area contributed by atoms with Gasteiger partial charge in [-0.2, -0.15) is 0 Å². The molecular weight excluding hydrogens is 258 g/mol. The average molecular weight is 272 g/mol. The molecule has 4 heteroatoms. The lowest BCUT2D eigenvalue weighted by Crippen LogP contribution is -2.30. The van der Waals surface area contributed by atoms with E-state index in [2.05, 4.69) is 15.9 Å². The fraction of sp³-hybridized carbons (Fsp3) is 0.455. The highest BCUT2D eigenvalue weighted by atomic mass is 79.9. The number of halogens is 1. The number of methoxy groups -OCH3 is 1. The van der Waals surface area contributed by atoms with Crippen molar-refractivity contribution in [3.63, 3.8) is 0 Å². The number of ether oxygens (including phenoxy) is 1. The Bertz CT molecular complexity index is 377. The summed E-state index contributed by atoms with van der Waals surface area (Å²) in [7, 11) is 1.61. The molecule has 3 nitrogen and oxygen atoms in total. The molecule has 0 saturated heterocycles. The molecule has 15 heavy (non-hydrogen) atoms. The van der Waals surface area contributed by atoms with E-state index in [1.807, 2.05) is 18.2 Å². The van der Waals surface area contributed by atoms with Crippen LogP contribution in [0, 0.1) is 0 Å². The predicted molar refractivity (Wildman–Crippen MR) is 61.8 cm³/mol. The van der Waals surface area contributed by atoms with Crippen molar-refractivity contribution in [1.29, 1.82) is 0 Å². The molecule has 1 aliphatic rings. The van der Waals surface area contributed by atoms with Crippen molar-refractivity contribution < 1.29 is 9.84 Å². The lowest BCUT2D eigenvalue weighted by Gasteiger charge is -2.18. The van der Waals surface area contributed by atoms with Gasteiger partial charge in [-0.1, -0.05) is 6.07 Å². The highest BCUT2D eigenvalue weighted by Crippen LogP contribution is 2.44. The van der Waals surface area contributed by atoms with Gasteiger partial charge < -0.3 is 15.6 Å². The molecule has 2 rings (SSSR count). The normalized spacial score (nSPS) is 19.7. The summed E-state index contributed by atoms with van der Waals surface area (Å²) in [5.74, 6) is 0.757. The summed E-state index contributed by atoms with van der Waals surface area (Å²) in [6, 6.07) is 5.53. The molecule has 3 N–H and O–H groups in total. The van der Waals surface area contributed by atoms with Crippen LogP contribution in [0.2, 0.25) is 0 Å². The van der Waals surface area contributed by atoms with Crippen molar-refractivity contribution in [1.82, 2.24) is 0 Å². The molecular formula is C11H14BrNO2. The molecule has 1 saturated carbocycles. The second kappa shape index (κ2) is 3.77. The Morgan fingerprint density at radius 1 is 1.53 bits per heavy atom. The highest BCUT2D eigenvalue weighted by Gasteiger charge is 2.45. The lowest BCUT2D eigenvalue weighted by atomic mass is 10.0. The number of aliphatic hydroxyl groups excluding tert-OH is 1. The smallest absolute Gasteiger partial charge is 0.133 e. The van der Waals surface area contributed by atoms with Gasteiger partial charge in [0.15, 0.2) is 0 Å². The third-order valence-corrected chi connectivity index (χ3v) is 3.48. The molecule has 0 aliphatic heterocycles. The first kappa shape index (κ1) is 10.9. The zero-order chi connectivity index (χ0) is 11.1. The maximum absolute atomic E-state index is 10.0. The molecule has 0 spiro atoms. The summed E-state index contributed by atoms with van der Waals surface area (Å²) in [6.45, 7) is 0. The van der Waals surface area contributed by atoms with Gasteiger partial charge in [-0.15, -0.1) is 0 Å². The highest BCUT2D eigenvalue weighted by molar-refractivity contribution is 9.10. The van der Waals surface area contributed by atoms with Crippen LogP contribution in [0.4, 0.5) is 0 Å². The van der Waals surface area contributed by atoms with E-state index in [-0.39, 0.29) is 0 Å². The lowest BCUT2D eigenvalue weighted by molar-refractivity contribution is 0.136. The van der Waals surface area contributed by atoms with Gasteiger partial charge in [-0.25, -0.2) is 0 Å². The largest absolute Gasteiger partial charge is 0.496 e. The van der Waals surface area contributed by atoms with Gasteiger partial charge >= 0.3 is 0 Å². The molecule has 1 unspecified atom stereocenters. The minimum atomic E-state index is -0.584. The van der Waals surface area contributed by atoms with Gasteiger partial charge in [0.05, 0.1) is 17.7 Å². The van der Waals surface area contributed by atoms with E-state index in [0.717, 1.165) is 28.6 Å². The molecule has 0 amide bonds. The van der Waals surface area contributed by atoms with Gasteiger partial charge in [0.25, 0.3) is 0 Å². The maximum atomic E-state index is 10.0. The van der Waals surface area contributed by atoms with E-state index >= 15 is 0 Å². The quantitative estimate of drug-likeness (QED) is 0.884. The molecule has 0 aromatic heterocycles. The topological polar surface area (TPSA) is 55.5 Å². The summed E-state index contributed by atoms with van der Waals surface area (Å²) in [4.78, 5) is 0. The first-order chi connectivity index (χ1) is 7.07. The monoisotopic (exact) mass is 271 g/mol. The van der Waals surface area contributed by atoms with E-state index in [9.17, 15) is 5.11 Å². The van der Waals surface area contributed by atoms with Crippen LogP contribution >= 0.6 is 15.9 Å². The SMILES string of the molecule is COc1ccc(C(O)C2(N)CC2)cc1Br. The average Bonchev–Trinajstić information content (AvgIpc) is 2.96. The van der Waals surface area contributed by atoms with Crippen LogP contribution < -0.4 is 10.5 Å². The van der Waals surface area contributed by atoms with Crippen LogP contribution in [0.15, 0.2) is 22.7 Å². The zero-order valence-corrected chi connectivity index (χ0v) is 10.1. The summed E-state index contributed by atoms with van der Waals surface area (Å²) in [5.41, 5.74) is 6.37. The number of benzene rings is 1. The Labute approximate surface area is 97.4 Å². The van der Waals surface area contributed by atoms with E-state index < -0.39 is 11.6 Å².